The van der Waals surface area contributed by atoms with Crippen molar-refractivity contribution in [3.05, 3.63) is 0 Å². The van der Waals surface area contributed by atoms with Gasteiger partial charge in [-0.25, -0.2) is 0 Å². The zero-order valence-corrected chi connectivity index (χ0v) is 15.8. The third kappa shape index (κ3) is 19.4. The Balaban J connectivity index is 0. The summed E-state index contributed by atoms with van der Waals surface area (Å²) in [5, 5.41) is 33.2. The van der Waals surface area contributed by atoms with E-state index in [1.807, 2.05) is 0 Å². The van der Waals surface area contributed by atoms with Crippen LogP contribution in [0.4, 0.5) is 0 Å². The molecule has 0 bridgehead atoms. The zero-order chi connectivity index (χ0) is 18.6. The molecular formula is C19H40O5. The van der Waals surface area contributed by atoms with Crippen LogP contribution in [-0.4, -0.2) is 45.7 Å². The van der Waals surface area contributed by atoms with Crippen LogP contribution in [0.5, 0.6) is 0 Å². The molecule has 0 aromatic heterocycles. The second-order valence-corrected chi connectivity index (χ2v) is 6.46. The predicted molar refractivity (Wildman–Crippen MR) is 98.1 cm³/mol. The normalized spacial score (nSPS) is 11.9. The van der Waals surface area contributed by atoms with Gasteiger partial charge in [-0.1, -0.05) is 78.1 Å². The average Bonchev–Trinajstić information content (AvgIpc) is 2.59. The van der Waals surface area contributed by atoms with Crippen molar-refractivity contribution in [1.82, 2.24) is 0 Å². The number of aliphatic carboxylic acids is 1. The van der Waals surface area contributed by atoms with Crippen molar-refractivity contribution in [3.8, 4) is 0 Å². The van der Waals surface area contributed by atoms with E-state index in [0.29, 0.717) is 0 Å². The van der Waals surface area contributed by atoms with Gasteiger partial charge in [-0.2, -0.15) is 0 Å². The molecular weight excluding hydrogens is 308 g/mol. The minimum atomic E-state index is -0.954. The molecule has 24 heavy (non-hydrogen) atoms. The van der Waals surface area contributed by atoms with Crippen LogP contribution in [0.2, 0.25) is 0 Å². The Labute approximate surface area is 148 Å². The SMILES string of the molecule is CCCCCCCCC(CCCCCC)C(=O)O.OCC(O)CO. The number of carbonyl (C=O) groups is 1. The third-order valence-corrected chi connectivity index (χ3v) is 4.08. The first kappa shape index (κ1) is 25.6. The summed E-state index contributed by atoms with van der Waals surface area (Å²) in [5.41, 5.74) is 0. The highest BCUT2D eigenvalue weighted by Gasteiger charge is 2.15. The molecule has 0 spiro atoms. The summed E-state index contributed by atoms with van der Waals surface area (Å²) in [6.45, 7) is 3.68. The summed E-state index contributed by atoms with van der Waals surface area (Å²) in [6, 6.07) is 0. The molecule has 5 heteroatoms. The van der Waals surface area contributed by atoms with E-state index in [1.165, 1.54) is 51.4 Å². The molecule has 0 saturated carbocycles. The van der Waals surface area contributed by atoms with Crippen LogP contribution >= 0.6 is 0 Å². The molecule has 1 unspecified atom stereocenters. The third-order valence-electron chi connectivity index (χ3n) is 4.08. The summed E-state index contributed by atoms with van der Waals surface area (Å²) in [5.74, 6) is -0.673. The van der Waals surface area contributed by atoms with Crippen molar-refractivity contribution in [2.24, 2.45) is 5.92 Å². The Morgan fingerprint density at radius 2 is 1.12 bits per heavy atom. The highest BCUT2D eigenvalue weighted by atomic mass is 16.4. The van der Waals surface area contributed by atoms with Crippen molar-refractivity contribution in [2.75, 3.05) is 13.2 Å². The van der Waals surface area contributed by atoms with Crippen LogP contribution in [-0.2, 0) is 4.79 Å². The van der Waals surface area contributed by atoms with Crippen LogP contribution < -0.4 is 0 Å². The predicted octanol–water partition coefficient (Wildman–Crippen LogP) is 3.74. The minimum absolute atomic E-state index is 0.0898. The van der Waals surface area contributed by atoms with E-state index in [9.17, 15) is 9.90 Å². The van der Waals surface area contributed by atoms with E-state index >= 15 is 0 Å². The van der Waals surface area contributed by atoms with Gasteiger partial charge in [0.2, 0.25) is 0 Å². The van der Waals surface area contributed by atoms with Crippen molar-refractivity contribution in [2.45, 2.75) is 97.0 Å². The van der Waals surface area contributed by atoms with E-state index in [0.717, 1.165) is 25.7 Å². The molecule has 0 aromatic rings. The van der Waals surface area contributed by atoms with E-state index in [2.05, 4.69) is 13.8 Å². The summed E-state index contributed by atoms with van der Waals surface area (Å²) >= 11 is 0. The first-order valence-corrected chi connectivity index (χ1v) is 9.65. The van der Waals surface area contributed by atoms with E-state index in [1.54, 1.807) is 0 Å². The lowest BCUT2D eigenvalue weighted by molar-refractivity contribution is -0.142. The molecule has 146 valence electrons. The summed E-state index contributed by atoms with van der Waals surface area (Å²) in [7, 11) is 0. The van der Waals surface area contributed by atoms with Gasteiger partial charge in [-0.3, -0.25) is 4.79 Å². The zero-order valence-electron chi connectivity index (χ0n) is 15.8. The smallest absolute Gasteiger partial charge is 0.306 e. The van der Waals surface area contributed by atoms with E-state index in [-0.39, 0.29) is 19.1 Å². The molecule has 0 heterocycles. The lowest BCUT2D eigenvalue weighted by Gasteiger charge is -2.11. The Morgan fingerprint density at radius 3 is 1.46 bits per heavy atom. The summed E-state index contributed by atoms with van der Waals surface area (Å²) in [4.78, 5) is 11.1. The number of aliphatic hydroxyl groups is 3. The van der Waals surface area contributed by atoms with Crippen LogP contribution in [0.1, 0.15) is 90.9 Å². The maximum absolute atomic E-state index is 11.1. The molecule has 0 rings (SSSR count). The van der Waals surface area contributed by atoms with Gasteiger partial charge in [0.1, 0.15) is 6.10 Å². The van der Waals surface area contributed by atoms with Gasteiger partial charge in [0.25, 0.3) is 0 Å². The van der Waals surface area contributed by atoms with E-state index in [4.69, 9.17) is 15.3 Å². The summed E-state index contributed by atoms with van der Waals surface area (Å²) in [6.07, 6.45) is 13.0. The maximum Gasteiger partial charge on any atom is 0.306 e. The largest absolute Gasteiger partial charge is 0.481 e. The average molecular weight is 349 g/mol. The first-order chi connectivity index (χ1) is 11.5. The van der Waals surface area contributed by atoms with Crippen LogP contribution in [0.3, 0.4) is 0 Å². The second-order valence-electron chi connectivity index (χ2n) is 6.46. The van der Waals surface area contributed by atoms with Gasteiger partial charge in [0, 0.05) is 0 Å². The Hall–Kier alpha value is -0.650. The second kappa shape index (κ2) is 20.4. The molecule has 0 aromatic carbocycles. The van der Waals surface area contributed by atoms with Gasteiger partial charge in [-0.05, 0) is 12.8 Å². The van der Waals surface area contributed by atoms with Crippen LogP contribution in [0.15, 0.2) is 0 Å². The number of rotatable bonds is 15. The number of unbranched alkanes of at least 4 members (excludes halogenated alkanes) is 8. The topological polar surface area (TPSA) is 98.0 Å². The minimum Gasteiger partial charge on any atom is -0.481 e. The quantitative estimate of drug-likeness (QED) is 0.338. The van der Waals surface area contributed by atoms with Crippen molar-refractivity contribution in [1.29, 1.82) is 0 Å². The van der Waals surface area contributed by atoms with Crippen LogP contribution in [0, 0.1) is 5.92 Å². The molecule has 0 radical (unpaired) electrons. The number of hydrogen-bond acceptors (Lipinski definition) is 4. The molecule has 0 aliphatic heterocycles. The number of carboxylic acids is 1. The maximum atomic E-state index is 11.1. The lowest BCUT2D eigenvalue weighted by atomic mass is 9.94. The fraction of sp³-hybridized carbons (Fsp3) is 0.947. The van der Waals surface area contributed by atoms with Gasteiger partial charge in [0.15, 0.2) is 0 Å². The van der Waals surface area contributed by atoms with Gasteiger partial charge in [-0.15, -0.1) is 0 Å². The Kier molecular flexibility index (Phi) is 21.7. The highest BCUT2D eigenvalue weighted by molar-refractivity contribution is 5.69. The number of hydrogen-bond donors (Lipinski definition) is 4. The van der Waals surface area contributed by atoms with Crippen molar-refractivity contribution >= 4 is 5.97 Å². The highest BCUT2D eigenvalue weighted by Crippen LogP contribution is 2.19. The van der Waals surface area contributed by atoms with E-state index < -0.39 is 12.1 Å². The first-order valence-electron chi connectivity index (χ1n) is 9.65. The Bertz CT molecular complexity index is 254. The standard InChI is InChI=1S/C16H32O2.C3H8O3/c1-3-5-7-9-10-12-14-15(16(17)18)13-11-8-6-4-2;4-1-3(6)2-5/h15H,3-14H2,1-2H3,(H,17,18);3-6H,1-2H2. The molecule has 0 amide bonds. The molecule has 1 atom stereocenters. The van der Waals surface area contributed by atoms with Crippen molar-refractivity contribution in [3.63, 3.8) is 0 Å². The van der Waals surface area contributed by atoms with Crippen molar-refractivity contribution < 1.29 is 25.2 Å². The molecule has 4 N–H and O–H groups in total. The molecule has 0 saturated heterocycles. The molecule has 5 nitrogen and oxygen atoms in total. The van der Waals surface area contributed by atoms with Gasteiger partial charge < -0.3 is 20.4 Å². The number of aliphatic hydroxyl groups excluding tert-OH is 3. The Morgan fingerprint density at radius 1 is 0.750 bits per heavy atom. The van der Waals surface area contributed by atoms with Gasteiger partial charge >= 0.3 is 5.97 Å². The molecule has 0 aliphatic rings. The molecule has 0 aliphatic carbocycles. The number of carboxylic acid groups (broad SMARTS) is 1. The van der Waals surface area contributed by atoms with Crippen LogP contribution in [0.25, 0.3) is 0 Å². The molecule has 0 fully saturated rings. The monoisotopic (exact) mass is 348 g/mol. The van der Waals surface area contributed by atoms with Gasteiger partial charge in [0.05, 0.1) is 19.1 Å². The lowest BCUT2D eigenvalue weighted by Crippen LogP contribution is -2.15. The summed E-state index contributed by atoms with van der Waals surface area (Å²) < 4.78 is 0. The fourth-order valence-electron chi connectivity index (χ4n) is 2.44. The fourth-order valence-corrected chi connectivity index (χ4v) is 2.44.